The van der Waals surface area contributed by atoms with Crippen LogP contribution in [0.5, 0.6) is 0 Å². The second-order valence-corrected chi connectivity index (χ2v) is 6.76. The van der Waals surface area contributed by atoms with Gasteiger partial charge in [-0.1, -0.05) is 42.5 Å². The van der Waals surface area contributed by atoms with Crippen LogP contribution in [0.3, 0.4) is 0 Å². The number of hydrogen-bond donors (Lipinski definition) is 0. The Morgan fingerprint density at radius 1 is 1.24 bits per heavy atom. The van der Waals surface area contributed by atoms with Gasteiger partial charge in [-0.3, -0.25) is 0 Å². The standard InChI is InChI=1S/C16H14N2S3/c19-16-18(11-13-6-4-5-9-21-17-10-13)15(12-20-16)14-7-2-1-3-8-14/h1-3,5-10,12H,4,11H2/b9-5-,13-6?,17-10?. The van der Waals surface area contributed by atoms with Gasteiger partial charge in [-0.25, -0.2) is 4.40 Å². The summed E-state index contributed by atoms with van der Waals surface area (Å²) in [6, 6.07) is 10.4. The zero-order valence-corrected chi connectivity index (χ0v) is 13.8. The molecule has 0 N–H and O–H groups in total. The summed E-state index contributed by atoms with van der Waals surface area (Å²) in [7, 11) is 0. The quantitative estimate of drug-likeness (QED) is 0.545. The number of benzene rings is 1. The number of allylic oxidation sites excluding steroid dienone is 3. The molecule has 2 aromatic rings. The second kappa shape index (κ2) is 7.02. The molecule has 1 aromatic carbocycles. The van der Waals surface area contributed by atoms with Gasteiger partial charge in [0.15, 0.2) is 3.95 Å². The Hall–Kier alpha value is -1.43. The SMILES string of the molecule is S=c1scc(-c2ccccc2)n1CC1=CC/C=C\SN=C1. The third kappa shape index (κ3) is 3.61. The molecule has 0 aliphatic carbocycles. The lowest BCUT2D eigenvalue weighted by Gasteiger charge is -2.10. The van der Waals surface area contributed by atoms with Crippen LogP contribution >= 0.6 is 35.5 Å². The van der Waals surface area contributed by atoms with Crippen molar-refractivity contribution in [2.75, 3.05) is 0 Å². The molecule has 0 radical (unpaired) electrons. The fraction of sp³-hybridized carbons (Fsp3) is 0.125. The minimum absolute atomic E-state index is 0.768. The molecule has 106 valence electrons. The molecule has 0 spiro atoms. The van der Waals surface area contributed by atoms with Crippen molar-refractivity contribution in [2.24, 2.45) is 4.40 Å². The minimum atomic E-state index is 0.768. The molecule has 0 fully saturated rings. The highest BCUT2D eigenvalue weighted by Gasteiger charge is 2.08. The number of thiazole rings is 1. The van der Waals surface area contributed by atoms with E-state index in [4.69, 9.17) is 12.2 Å². The molecule has 1 aromatic heterocycles. The zero-order valence-electron chi connectivity index (χ0n) is 11.3. The summed E-state index contributed by atoms with van der Waals surface area (Å²) in [6.45, 7) is 0.768. The summed E-state index contributed by atoms with van der Waals surface area (Å²) in [5, 5.41) is 4.14. The lowest BCUT2D eigenvalue weighted by molar-refractivity contribution is 0.815. The molecule has 1 aliphatic heterocycles. The van der Waals surface area contributed by atoms with Gasteiger partial charge in [-0.05, 0) is 35.2 Å². The number of aromatic nitrogens is 1. The first-order valence-corrected chi connectivity index (χ1v) is 8.74. The van der Waals surface area contributed by atoms with E-state index in [2.05, 4.69) is 50.8 Å². The van der Waals surface area contributed by atoms with Gasteiger partial charge in [-0.15, -0.1) is 11.3 Å². The predicted molar refractivity (Wildman–Crippen MR) is 96.5 cm³/mol. The van der Waals surface area contributed by atoms with Gasteiger partial charge in [0.05, 0.1) is 12.2 Å². The van der Waals surface area contributed by atoms with Gasteiger partial charge in [0, 0.05) is 23.5 Å². The lowest BCUT2D eigenvalue weighted by atomic mass is 10.1. The van der Waals surface area contributed by atoms with Crippen molar-refractivity contribution in [1.29, 1.82) is 0 Å². The van der Waals surface area contributed by atoms with E-state index in [1.807, 2.05) is 17.7 Å². The van der Waals surface area contributed by atoms with Gasteiger partial charge in [0.1, 0.15) is 0 Å². The monoisotopic (exact) mass is 330 g/mol. The van der Waals surface area contributed by atoms with Crippen molar-refractivity contribution < 1.29 is 0 Å². The first-order chi connectivity index (χ1) is 10.3. The number of hydrogen-bond acceptors (Lipinski definition) is 4. The van der Waals surface area contributed by atoms with Crippen molar-refractivity contribution in [3.8, 4) is 11.3 Å². The average Bonchev–Trinajstić information content (AvgIpc) is 2.84. The molecule has 2 heterocycles. The van der Waals surface area contributed by atoms with E-state index in [-0.39, 0.29) is 0 Å². The third-order valence-electron chi connectivity index (χ3n) is 3.15. The van der Waals surface area contributed by atoms with Crippen molar-refractivity contribution in [1.82, 2.24) is 4.57 Å². The van der Waals surface area contributed by atoms with E-state index >= 15 is 0 Å². The molecule has 0 bridgehead atoms. The number of rotatable bonds is 3. The van der Waals surface area contributed by atoms with Crippen LogP contribution in [0.1, 0.15) is 6.42 Å². The average molecular weight is 331 g/mol. The fourth-order valence-electron chi connectivity index (χ4n) is 2.11. The van der Waals surface area contributed by atoms with Crippen molar-refractivity contribution in [3.63, 3.8) is 0 Å². The molecule has 0 amide bonds. The van der Waals surface area contributed by atoms with E-state index in [0.717, 1.165) is 16.9 Å². The van der Waals surface area contributed by atoms with E-state index in [1.165, 1.54) is 28.8 Å². The van der Waals surface area contributed by atoms with Crippen LogP contribution in [-0.4, -0.2) is 10.8 Å². The molecule has 0 saturated carbocycles. The van der Waals surface area contributed by atoms with Gasteiger partial charge in [-0.2, -0.15) is 0 Å². The van der Waals surface area contributed by atoms with E-state index in [0.29, 0.717) is 0 Å². The van der Waals surface area contributed by atoms with Crippen LogP contribution in [0, 0.1) is 3.95 Å². The summed E-state index contributed by atoms with van der Waals surface area (Å²) in [6.07, 6.45) is 7.19. The molecular formula is C16H14N2S3. The highest BCUT2D eigenvalue weighted by atomic mass is 32.2. The topological polar surface area (TPSA) is 17.3 Å². The highest BCUT2D eigenvalue weighted by molar-refractivity contribution is 8.01. The van der Waals surface area contributed by atoms with E-state index < -0.39 is 0 Å². The third-order valence-corrected chi connectivity index (χ3v) is 4.96. The normalized spacial score (nSPS) is 16.1. The predicted octanol–water partition coefficient (Wildman–Crippen LogP) is 5.51. The fourth-order valence-corrected chi connectivity index (χ4v) is 3.64. The van der Waals surface area contributed by atoms with E-state index in [1.54, 1.807) is 11.3 Å². The maximum atomic E-state index is 5.49. The van der Waals surface area contributed by atoms with Crippen LogP contribution < -0.4 is 0 Å². The second-order valence-electron chi connectivity index (χ2n) is 4.57. The Morgan fingerprint density at radius 2 is 2.10 bits per heavy atom. The maximum Gasteiger partial charge on any atom is 0.161 e. The van der Waals surface area contributed by atoms with E-state index in [9.17, 15) is 0 Å². The molecule has 3 rings (SSSR count). The lowest BCUT2D eigenvalue weighted by Crippen LogP contribution is -2.04. The highest BCUT2D eigenvalue weighted by Crippen LogP contribution is 2.25. The van der Waals surface area contributed by atoms with Crippen LogP contribution in [0.25, 0.3) is 11.3 Å². The van der Waals surface area contributed by atoms with Crippen LogP contribution in [0.4, 0.5) is 0 Å². The van der Waals surface area contributed by atoms with Gasteiger partial charge in [0.2, 0.25) is 0 Å². The van der Waals surface area contributed by atoms with Crippen LogP contribution in [0.15, 0.2) is 63.2 Å². The summed E-state index contributed by atoms with van der Waals surface area (Å²) < 4.78 is 7.40. The van der Waals surface area contributed by atoms with Crippen molar-refractivity contribution >= 4 is 41.7 Å². The molecular weight excluding hydrogens is 316 g/mol. The van der Waals surface area contributed by atoms with Gasteiger partial charge in [0.25, 0.3) is 0 Å². The summed E-state index contributed by atoms with van der Waals surface area (Å²) in [5.74, 6) is 0. The van der Waals surface area contributed by atoms with Gasteiger partial charge < -0.3 is 4.57 Å². The zero-order chi connectivity index (χ0) is 14.5. The Morgan fingerprint density at radius 3 is 2.95 bits per heavy atom. The smallest absolute Gasteiger partial charge is 0.161 e. The van der Waals surface area contributed by atoms with Crippen molar-refractivity contribution in [2.45, 2.75) is 13.0 Å². The maximum absolute atomic E-state index is 5.49. The Bertz CT molecular complexity index is 751. The molecule has 0 saturated heterocycles. The molecule has 2 nitrogen and oxygen atoms in total. The summed E-state index contributed by atoms with van der Waals surface area (Å²) >= 11 is 8.57. The molecule has 0 unspecified atom stereocenters. The molecule has 0 atom stereocenters. The van der Waals surface area contributed by atoms with Crippen molar-refractivity contribution in [3.05, 3.63) is 62.8 Å². The summed E-state index contributed by atoms with van der Waals surface area (Å²) in [4.78, 5) is 0. The van der Waals surface area contributed by atoms with Gasteiger partial charge >= 0.3 is 0 Å². The Balaban J connectivity index is 1.94. The summed E-state index contributed by atoms with van der Waals surface area (Å²) in [5.41, 5.74) is 3.56. The molecule has 21 heavy (non-hydrogen) atoms. The molecule has 1 aliphatic rings. The first-order valence-electron chi connectivity index (χ1n) is 6.61. The number of nitrogens with zero attached hydrogens (tertiary/aromatic N) is 2. The van der Waals surface area contributed by atoms with Crippen LogP contribution in [0.2, 0.25) is 0 Å². The minimum Gasteiger partial charge on any atom is -0.318 e. The first kappa shape index (κ1) is 14.5. The Kier molecular flexibility index (Phi) is 4.85. The van der Waals surface area contributed by atoms with Crippen LogP contribution in [-0.2, 0) is 6.54 Å². The largest absolute Gasteiger partial charge is 0.318 e. The molecule has 5 heteroatoms. The Labute approximate surface area is 137 Å².